The number of alkyl halides is 1. The van der Waals surface area contributed by atoms with Gasteiger partial charge >= 0.3 is 0 Å². The van der Waals surface area contributed by atoms with Crippen LogP contribution in [-0.4, -0.2) is 86.9 Å². The van der Waals surface area contributed by atoms with E-state index in [2.05, 4.69) is 20.1 Å². The summed E-state index contributed by atoms with van der Waals surface area (Å²) in [5, 5.41) is 13.4. The number of amides is 1. The van der Waals surface area contributed by atoms with Crippen molar-refractivity contribution in [3.8, 4) is 29.5 Å². The van der Waals surface area contributed by atoms with Gasteiger partial charge in [-0.3, -0.25) is 4.79 Å². The minimum atomic E-state index is -1.37. The molecule has 11 nitrogen and oxygen atoms in total. The van der Waals surface area contributed by atoms with Gasteiger partial charge in [-0.25, -0.2) is 13.2 Å². The number of likely N-dealkylation sites (tertiary alicyclic amines) is 2. The van der Waals surface area contributed by atoms with Gasteiger partial charge in [-0.1, -0.05) is 17.8 Å². The number of hydrogen-bond donors (Lipinski definition) is 0. The Labute approximate surface area is 269 Å². The summed E-state index contributed by atoms with van der Waals surface area (Å²) in [6, 6.07) is 5.58. The molecule has 0 saturated carbocycles. The lowest BCUT2D eigenvalue weighted by molar-refractivity contribution is -0.130. The van der Waals surface area contributed by atoms with Gasteiger partial charge in [0.15, 0.2) is 0 Å². The third-order valence-corrected chi connectivity index (χ3v) is 8.42. The van der Waals surface area contributed by atoms with Crippen molar-refractivity contribution < 1.29 is 36.1 Å². The van der Waals surface area contributed by atoms with E-state index in [1.165, 1.54) is 30.9 Å². The highest BCUT2D eigenvalue weighted by molar-refractivity contribution is 5.87. The number of hydrogen-bond acceptors (Lipinski definition) is 10. The smallest absolute Gasteiger partial charge is 0.246 e. The van der Waals surface area contributed by atoms with Crippen LogP contribution in [0.5, 0.6) is 11.8 Å². The molecule has 2 aromatic heterocycles. The molecular weight excluding hydrogens is 603 g/mol. The number of ether oxygens (including phenoxy) is 2. The average molecular weight is 643 g/mol. The Morgan fingerprint density at radius 1 is 1.24 bits per heavy atom. The topological polar surface area (TPSA) is 130 Å². The zero-order valence-corrected chi connectivity index (χ0v) is 25.7. The molecule has 2 aliphatic heterocycles. The lowest BCUT2D eigenvalue weighted by atomic mass is 9.83. The Balaban J connectivity index is 1.40. The molecule has 0 aliphatic carbocycles. The fourth-order valence-corrected chi connectivity index (χ4v) is 5.99. The lowest BCUT2D eigenvalue weighted by Crippen LogP contribution is -2.48. The highest BCUT2D eigenvalue weighted by Crippen LogP contribution is 2.35. The summed E-state index contributed by atoms with van der Waals surface area (Å²) in [5.74, 6) is -2.51. The first-order chi connectivity index (χ1) is 23.3. The van der Waals surface area contributed by atoms with Crippen LogP contribution in [0.3, 0.4) is 0 Å². The predicted molar refractivity (Wildman–Crippen MR) is 159 cm³/mol. The minimum Gasteiger partial charge on any atom is -0.477 e. The van der Waals surface area contributed by atoms with Crippen molar-refractivity contribution in [1.82, 2.24) is 29.9 Å². The van der Waals surface area contributed by atoms with E-state index in [4.69, 9.17) is 18.1 Å². The molecule has 0 radical (unpaired) electrons. The first kappa shape index (κ1) is 28.9. The maximum absolute atomic E-state index is 14.7. The third-order valence-electron chi connectivity index (χ3n) is 8.42. The average Bonchev–Trinajstić information content (AvgIpc) is 3.67. The van der Waals surface area contributed by atoms with Gasteiger partial charge in [0, 0.05) is 43.6 Å². The molecule has 0 spiro atoms. The Hall–Kier alpha value is -4.51. The molecule has 2 saturated heterocycles. The second-order valence-electron chi connectivity index (χ2n) is 12.0. The number of aromatic nitrogens is 4. The summed E-state index contributed by atoms with van der Waals surface area (Å²) < 4.78 is 83.4. The Morgan fingerprint density at radius 2 is 2.00 bits per heavy atom. The SMILES string of the molecule is [2H]C([2H])=C([2H])C(=O)N1CC[C@H](Oc2cc(OCC[C@H]3C[C@@H](F)CN3C)nc(-c3noc(C(C)(C)c4c(F)cccc4F)n3)n2)C[C@H]1CC#N. The van der Waals surface area contributed by atoms with Gasteiger partial charge in [0.1, 0.15) is 23.9 Å². The molecule has 0 bridgehead atoms. The van der Waals surface area contributed by atoms with Gasteiger partial charge in [-0.2, -0.15) is 20.2 Å². The molecular formula is C32H36F3N7O4. The standard InChI is InChI=1S/C32H36F3N7O4/c1-5-27(43)42-13-10-22(16-21(42)9-12-36)45-26-17-25(44-14-11-20-15-19(33)18-41(20)4)37-29(38-26)30-39-31(46-40-30)32(2,3)28-23(34)7-6-8-24(28)35/h5-8,17,19-22H,1,9-11,13-16,18H2,2-4H3/t19-,20+,21-,22+/m1/s1/i1D2,5D. The quantitative estimate of drug-likeness (QED) is 0.269. The van der Waals surface area contributed by atoms with E-state index in [1.807, 2.05) is 18.0 Å². The largest absolute Gasteiger partial charge is 0.477 e. The highest BCUT2D eigenvalue weighted by atomic mass is 19.1. The number of rotatable bonds is 11. The first-order valence-corrected chi connectivity index (χ1v) is 14.9. The van der Waals surface area contributed by atoms with Crippen LogP contribution < -0.4 is 9.47 Å². The molecule has 14 heteroatoms. The number of carbonyl (C=O) groups excluding carboxylic acids is 1. The molecule has 3 aromatic rings. The molecule has 2 aliphatic rings. The fourth-order valence-electron chi connectivity index (χ4n) is 5.99. The van der Waals surface area contributed by atoms with E-state index in [9.17, 15) is 23.2 Å². The van der Waals surface area contributed by atoms with E-state index >= 15 is 0 Å². The van der Waals surface area contributed by atoms with Crippen molar-refractivity contribution in [1.29, 1.82) is 5.26 Å². The summed E-state index contributed by atoms with van der Waals surface area (Å²) in [5.41, 5.74) is -1.63. The van der Waals surface area contributed by atoms with Crippen molar-refractivity contribution in [2.24, 2.45) is 0 Å². The summed E-state index contributed by atoms with van der Waals surface area (Å²) in [6.45, 7) is 2.79. The van der Waals surface area contributed by atoms with Crippen LogP contribution in [0, 0.1) is 23.0 Å². The fraction of sp³-hybridized carbons (Fsp3) is 0.500. The third kappa shape index (κ3) is 7.14. The predicted octanol–water partition coefficient (Wildman–Crippen LogP) is 4.78. The molecule has 4 atom stereocenters. The van der Waals surface area contributed by atoms with Crippen LogP contribution in [0.15, 0.2) is 41.4 Å². The van der Waals surface area contributed by atoms with E-state index in [1.54, 1.807) is 0 Å². The van der Waals surface area contributed by atoms with Gasteiger partial charge < -0.3 is 23.8 Å². The summed E-state index contributed by atoms with van der Waals surface area (Å²) in [6.07, 6.45) is -0.121. The number of piperidine rings is 1. The van der Waals surface area contributed by atoms with E-state index in [0.29, 0.717) is 19.4 Å². The molecule has 4 heterocycles. The van der Waals surface area contributed by atoms with Gasteiger partial charge in [-0.15, -0.1) is 0 Å². The van der Waals surface area contributed by atoms with Gasteiger partial charge in [0.25, 0.3) is 0 Å². The number of carbonyl (C=O) groups is 1. The summed E-state index contributed by atoms with van der Waals surface area (Å²) >= 11 is 0. The molecule has 1 aromatic carbocycles. The van der Waals surface area contributed by atoms with E-state index in [-0.39, 0.29) is 73.3 Å². The first-order valence-electron chi connectivity index (χ1n) is 16.4. The van der Waals surface area contributed by atoms with Gasteiger partial charge in [0.05, 0.1) is 34.7 Å². The Bertz CT molecular complexity index is 1730. The molecule has 1 amide bonds. The normalized spacial score (nSPS) is 22.8. The van der Waals surface area contributed by atoms with Gasteiger partial charge in [-0.05, 0) is 51.9 Å². The summed E-state index contributed by atoms with van der Waals surface area (Å²) in [4.78, 5) is 29.2. The molecule has 46 heavy (non-hydrogen) atoms. The second kappa shape index (κ2) is 13.9. The van der Waals surface area contributed by atoms with Crippen LogP contribution in [0.25, 0.3) is 11.6 Å². The van der Waals surface area contributed by atoms with Crippen LogP contribution in [-0.2, 0) is 10.2 Å². The lowest BCUT2D eigenvalue weighted by Gasteiger charge is -2.37. The second-order valence-corrected chi connectivity index (χ2v) is 12.0. The highest BCUT2D eigenvalue weighted by Gasteiger charge is 2.36. The molecule has 0 N–H and O–H groups in total. The zero-order valence-electron chi connectivity index (χ0n) is 28.7. The van der Waals surface area contributed by atoms with Crippen molar-refractivity contribution in [2.45, 2.75) is 75.7 Å². The van der Waals surface area contributed by atoms with Crippen molar-refractivity contribution in [3.05, 3.63) is 59.9 Å². The number of halogens is 3. The molecule has 244 valence electrons. The maximum atomic E-state index is 14.7. The zero-order chi connectivity index (χ0) is 35.5. The van der Waals surface area contributed by atoms with E-state index < -0.39 is 53.9 Å². The monoisotopic (exact) mass is 642 g/mol. The Morgan fingerprint density at radius 3 is 2.70 bits per heavy atom. The van der Waals surface area contributed by atoms with Crippen molar-refractivity contribution in [3.63, 3.8) is 0 Å². The van der Waals surface area contributed by atoms with Crippen molar-refractivity contribution >= 4 is 5.91 Å². The summed E-state index contributed by atoms with van der Waals surface area (Å²) in [7, 11) is 1.85. The van der Waals surface area contributed by atoms with Gasteiger partial charge in [0.2, 0.25) is 35.2 Å². The van der Waals surface area contributed by atoms with Crippen molar-refractivity contribution in [2.75, 3.05) is 26.7 Å². The van der Waals surface area contributed by atoms with Crippen LogP contribution in [0.4, 0.5) is 13.2 Å². The van der Waals surface area contributed by atoms with E-state index in [0.717, 1.165) is 12.1 Å². The number of nitriles is 1. The number of benzene rings is 1. The maximum Gasteiger partial charge on any atom is 0.246 e. The van der Waals surface area contributed by atoms with Crippen LogP contribution >= 0.6 is 0 Å². The molecule has 0 unspecified atom stereocenters. The number of nitrogens with zero attached hydrogens (tertiary/aromatic N) is 7. The van der Waals surface area contributed by atoms with Crippen LogP contribution in [0.2, 0.25) is 0 Å². The van der Waals surface area contributed by atoms with Crippen LogP contribution in [0.1, 0.15) is 61.5 Å². The molecule has 5 rings (SSSR count). The Kier molecular flexibility index (Phi) is 8.72. The minimum absolute atomic E-state index is 0.0157. The molecule has 2 fully saturated rings.